The zero-order chi connectivity index (χ0) is 26.7. The Balaban J connectivity index is 1.67. The third-order valence-corrected chi connectivity index (χ3v) is 6.08. The quantitative estimate of drug-likeness (QED) is 0.261. The van der Waals surface area contributed by atoms with E-state index in [0.717, 1.165) is 12.0 Å². The molecule has 0 aliphatic heterocycles. The second kappa shape index (κ2) is 10.3. The highest BCUT2D eigenvalue weighted by Crippen LogP contribution is 2.36. The molecule has 36 heavy (non-hydrogen) atoms. The first-order chi connectivity index (χ1) is 16.6. The Kier molecular flexibility index (Phi) is 7.78. The van der Waals surface area contributed by atoms with Crippen molar-refractivity contribution in [3.05, 3.63) is 95.1 Å². The van der Waals surface area contributed by atoms with E-state index in [1.807, 2.05) is 36.4 Å². The van der Waals surface area contributed by atoms with E-state index >= 15 is 0 Å². The van der Waals surface area contributed by atoms with E-state index in [1.54, 1.807) is 30.3 Å². The lowest BCUT2D eigenvalue weighted by molar-refractivity contribution is 0.0734. The van der Waals surface area contributed by atoms with Gasteiger partial charge in [0.1, 0.15) is 11.5 Å². The maximum absolute atomic E-state index is 12.8. The van der Waals surface area contributed by atoms with Crippen molar-refractivity contribution in [3.8, 4) is 11.5 Å². The van der Waals surface area contributed by atoms with E-state index in [-0.39, 0.29) is 27.4 Å². The summed E-state index contributed by atoms with van der Waals surface area (Å²) in [4.78, 5) is 25.5. The molecule has 0 fully saturated rings. The molecule has 0 amide bonds. The van der Waals surface area contributed by atoms with Crippen LogP contribution in [-0.2, 0) is 10.8 Å². The van der Waals surface area contributed by atoms with Crippen LogP contribution in [0.3, 0.4) is 0 Å². The summed E-state index contributed by atoms with van der Waals surface area (Å²) in [5, 5.41) is 0. The van der Waals surface area contributed by atoms with Crippen LogP contribution in [0, 0.1) is 5.41 Å². The summed E-state index contributed by atoms with van der Waals surface area (Å²) in [6, 6.07) is 21.5. The number of ether oxygens (including phenoxy) is 2. The van der Waals surface area contributed by atoms with Gasteiger partial charge in [0.15, 0.2) is 0 Å². The molecule has 0 bridgehead atoms. The van der Waals surface area contributed by atoms with E-state index in [1.165, 1.54) is 11.6 Å². The van der Waals surface area contributed by atoms with Crippen LogP contribution in [0.25, 0.3) is 0 Å². The van der Waals surface area contributed by atoms with Gasteiger partial charge in [-0.1, -0.05) is 85.7 Å². The maximum atomic E-state index is 12.8. The summed E-state index contributed by atoms with van der Waals surface area (Å²) in [6.45, 7) is 17.5. The summed E-state index contributed by atoms with van der Waals surface area (Å²) in [5.41, 5.74) is 3.13. The molecule has 0 saturated carbocycles. The van der Waals surface area contributed by atoms with Gasteiger partial charge in [0.05, 0.1) is 11.1 Å². The fourth-order valence-electron chi connectivity index (χ4n) is 4.53. The Bertz CT molecular complexity index is 1200. The summed E-state index contributed by atoms with van der Waals surface area (Å²) in [5.74, 6) is -0.142. The first-order valence-corrected chi connectivity index (χ1v) is 12.4. The molecule has 0 saturated heterocycles. The molecule has 4 heteroatoms. The van der Waals surface area contributed by atoms with Gasteiger partial charge in [-0.3, -0.25) is 0 Å². The topological polar surface area (TPSA) is 52.6 Å². The molecule has 0 spiro atoms. The molecule has 3 aromatic rings. The van der Waals surface area contributed by atoms with Gasteiger partial charge in [0.25, 0.3) is 0 Å². The first kappa shape index (κ1) is 27.2. The average molecular weight is 487 g/mol. The molecule has 0 radical (unpaired) electrons. The van der Waals surface area contributed by atoms with E-state index in [4.69, 9.17) is 9.47 Å². The second-order valence-electron chi connectivity index (χ2n) is 12.3. The normalized spacial score (nSPS) is 12.2. The summed E-state index contributed by atoms with van der Waals surface area (Å²) >= 11 is 0. The molecular formula is C32H38O4. The molecule has 0 unspecified atom stereocenters. The Hall–Kier alpha value is -3.40. The van der Waals surface area contributed by atoms with Crippen molar-refractivity contribution in [3.63, 3.8) is 0 Å². The highest BCUT2D eigenvalue weighted by Gasteiger charge is 2.27. The number of carbonyl (C=O) groups is 2. The van der Waals surface area contributed by atoms with Crippen LogP contribution < -0.4 is 9.47 Å². The van der Waals surface area contributed by atoms with Gasteiger partial charge in [-0.15, -0.1) is 0 Å². The summed E-state index contributed by atoms with van der Waals surface area (Å²) in [7, 11) is 0. The van der Waals surface area contributed by atoms with Gasteiger partial charge < -0.3 is 9.47 Å². The van der Waals surface area contributed by atoms with Crippen LogP contribution in [-0.4, -0.2) is 11.9 Å². The van der Waals surface area contributed by atoms with Gasteiger partial charge in [-0.05, 0) is 76.3 Å². The van der Waals surface area contributed by atoms with Crippen molar-refractivity contribution >= 4 is 11.9 Å². The van der Waals surface area contributed by atoms with Crippen LogP contribution >= 0.6 is 0 Å². The van der Waals surface area contributed by atoms with Crippen LogP contribution in [0.15, 0.2) is 72.8 Å². The van der Waals surface area contributed by atoms with Gasteiger partial charge in [0.2, 0.25) is 0 Å². The minimum atomic E-state index is -0.529. The number of hydrogen-bond donors (Lipinski definition) is 0. The molecule has 190 valence electrons. The van der Waals surface area contributed by atoms with E-state index in [2.05, 4.69) is 55.4 Å². The molecule has 0 aromatic heterocycles. The van der Waals surface area contributed by atoms with E-state index in [9.17, 15) is 9.59 Å². The second-order valence-corrected chi connectivity index (χ2v) is 12.3. The number of benzene rings is 3. The van der Waals surface area contributed by atoms with Crippen molar-refractivity contribution in [1.82, 2.24) is 0 Å². The molecule has 0 heterocycles. The standard InChI is InChI=1S/C32H38O4/c1-30(2,3)21-32(7,8)25-14-18-27(19-15-25)36-29(34)23-11-9-10-22(20-23)28(33)35-26-16-12-24(13-17-26)31(4,5)6/h9-20H,21H2,1-8H3. The third kappa shape index (κ3) is 7.30. The van der Waals surface area contributed by atoms with Crippen molar-refractivity contribution < 1.29 is 19.1 Å². The lowest BCUT2D eigenvalue weighted by Gasteiger charge is -2.33. The van der Waals surface area contributed by atoms with E-state index < -0.39 is 11.9 Å². The predicted molar refractivity (Wildman–Crippen MR) is 145 cm³/mol. The van der Waals surface area contributed by atoms with Gasteiger partial charge in [-0.25, -0.2) is 9.59 Å². The minimum Gasteiger partial charge on any atom is -0.423 e. The summed E-state index contributed by atoms with van der Waals surface area (Å²) < 4.78 is 11.1. The monoisotopic (exact) mass is 486 g/mol. The molecule has 0 aliphatic carbocycles. The maximum Gasteiger partial charge on any atom is 0.343 e. The minimum absolute atomic E-state index is 0.00253. The molecule has 0 atom stereocenters. The highest BCUT2D eigenvalue weighted by atomic mass is 16.5. The zero-order valence-corrected chi connectivity index (χ0v) is 22.8. The SMILES string of the molecule is CC(C)(C)CC(C)(C)c1ccc(OC(=O)c2cccc(C(=O)Oc3ccc(C(C)(C)C)cc3)c2)cc1. The average Bonchev–Trinajstić information content (AvgIpc) is 2.77. The van der Waals surface area contributed by atoms with Crippen LogP contribution in [0.4, 0.5) is 0 Å². The van der Waals surface area contributed by atoms with Crippen LogP contribution in [0.5, 0.6) is 11.5 Å². The molecule has 3 rings (SSSR count). The van der Waals surface area contributed by atoms with Crippen molar-refractivity contribution in [1.29, 1.82) is 0 Å². The number of carbonyl (C=O) groups excluding carboxylic acids is 2. The van der Waals surface area contributed by atoms with Crippen LogP contribution in [0.2, 0.25) is 0 Å². The predicted octanol–water partition coefficient (Wildman–Crippen LogP) is 8.14. The van der Waals surface area contributed by atoms with Crippen LogP contribution in [0.1, 0.15) is 93.7 Å². The molecule has 4 nitrogen and oxygen atoms in total. The lowest BCUT2D eigenvalue weighted by atomic mass is 9.72. The Morgan fingerprint density at radius 1 is 0.611 bits per heavy atom. The lowest BCUT2D eigenvalue weighted by Crippen LogP contribution is -2.24. The summed E-state index contributed by atoms with van der Waals surface area (Å²) in [6.07, 6.45) is 1.03. The Morgan fingerprint density at radius 2 is 1.03 bits per heavy atom. The molecule has 3 aromatic carbocycles. The van der Waals surface area contributed by atoms with Crippen molar-refractivity contribution in [2.45, 2.75) is 72.6 Å². The molecular weight excluding hydrogens is 448 g/mol. The van der Waals surface area contributed by atoms with Gasteiger partial charge in [-0.2, -0.15) is 0 Å². The zero-order valence-electron chi connectivity index (χ0n) is 22.8. The Labute approximate surface area is 215 Å². The number of rotatable bonds is 6. The van der Waals surface area contributed by atoms with Gasteiger partial charge >= 0.3 is 11.9 Å². The fraction of sp³-hybridized carbons (Fsp3) is 0.375. The smallest absolute Gasteiger partial charge is 0.343 e. The van der Waals surface area contributed by atoms with E-state index in [0.29, 0.717) is 11.5 Å². The number of hydrogen-bond acceptors (Lipinski definition) is 4. The largest absolute Gasteiger partial charge is 0.423 e. The third-order valence-electron chi connectivity index (χ3n) is 6.08. The molecule has 0 N–H and O–H groups in total. The van der Waals surface area contributed by atoms with Gasteiger partial charge in [0, 0.05) is 0 Å². The first-order valence-electron chi connectivity index (χ1n) is 12.4. The Morgan fingerprint density at radius 3 is 1.42 bits per heavy atom. The fourth-order valence-corrected chi connectivity index (χ4v) is 4.53. The highest BCUT2D eigenvalue weighted by molar-refractivity contribution is 5.96. The van der Waals surface area contributed by atoms with Crippen molar-refractivity contribution in [2.24, 2.45) is 5.41 Å². The molecule has 0 aliphatic rings. The van der Waals surface area contributed by atoms with Crippen molar-refractivity contribution in [2.75, 3.05) is 0 Å². The number of esters is 2.